The van der Waals surface area contributed by atoms with Crippen LogP contribution in [0.5, 0.6) is 0 Å². The molecule has 6 aromatic carbocycles. The molecule has 0 saturated carbocycles. The van der Waals surface area contributed by atoms with Gasteiger partial charge in [0.05, 0.1) is 44.8 Å². The van der Waals surface area contributed by atoms with Gasteiger partial charge in [-0.25, -0.2) is 0 Å². The third kappa shape index (κ3) is 4.91. The van der Waals surface area contributed by atoms with Crippen molar-refractivity contribution >= 4 is 44.4 Å². The molecule has 0 unspecified atom stereocenters. The van der Waals surface area contributed by atoms with E-state index in [4.69, 9.17) is 0 Å². The van der Waals surface area contributed by atoms with E-state index in [0.29, 0.717) is 11.1 Å². The Kier molecular flexibility index (Phi) is 7.49. The van der Waals surface area contributed by atoms with Crippen molar-refractivity contribution in [1.82, 2.24) is 9.13 Å². The van der Waals surface area contributed by atoms with Gasteiger partial charge in [-0.3, -0.25) is 0 Å². The molecule has 0 aliphatic carbocycles. The molecule has 2 heterocycles. The Hall–Kier alpha value is -6.88. The Bertz CT molecular complexity index is 2880. The number of fused-ring (bicyclic) bond motifs is 4. The number of hydrogen-bond acceptors (Lipinski definition) is 2. The highest BCUT2D eigenvalue weighted by Crippen LogP contribution is 2.39. The molecule has 8 aromatic rings. The van der Waals surface area contributed by atoms with Gasteiger partial charge in [-0.05, 0) is 96.8 Å². The second-order valence-electron chi connectivity index (χ2n) is 12.7. The Labute approximate surface area is 290 Å². The summed E-state index contributed by atoms with van der Waals surface area (Å²) in [5, 5.41) is 25.3. The van der Waals surface area contributed by atoms with E-state index in [9.17, 15) is 10.5 Å². The Morgan fingerprint density at radius 1 is 0.640 bits per heavy atom. The summed E-state index contributed by atoms with van der Waals surface area (Å²) in [6.07, 6.45) is 2.16. The Morgan fingerprint density at radius 3 is 2.10 bits per heavy atom. The molecule has 2 aromatic heterocycles. The van der Waals surface area contributed by atoms with Crippen LogP contribution in [0, 0.1) is 22.7 Å². The van der Waals surface area contributed by atoms with E-state index in [-0.39, 0.29) is 0 Å². The van der Waals surface area contributed by atoms with Crippen LogP contribution in [-0.4, -0.2) is 9.13 Å². The molecule has 8 rings (SSSR count). The summed E-state index contributed by atoms with van der Waals surface area (Å²) < 4.78 is 4.48. The van der Waals surface area contributed by atoms with E-state index in [1.165, 1.54) is 0 Å². The van der Waals surface area contributed by atoms with Gasteiger partial charge >= 0.3 is 0 Å². The van der Waals surface area contributed by atoms with Gasteiger partial charge in [0.15, 0.2) is 0 Å². The zero-order valence-corrected chi connectivity index (χ0v) is 27.9. The normalized spacial score (nSPS) is 12.3. The first-order valence-electron chi connectivity index (χ1n) is 16.6. The van der Waals surface area contributed by atoms with Gasteiger partial charge in [0.25, 0.3) is 0 Å². The predicted octanol–water partition coefficient (Wildman–Crippen LogP) is 9.71. The van der Waals surface area contributed by atoms with Gasteiger partial charge in [-0.2, -0.15) is 10.5 Å². The first-order valence-corrected chi connectivity index (χ1v) is 16.6. The van der Waals surface area contributed by atoms with E-state index in [0.717, 1.165) is 82.5 Å². The molecule has 0 aliphatic heterocycles. The van der Waals surface area contributed by atoms with Crippen LogP contribution in [0.3, 0.4) is 0 Å². The first kappa shape index (κ1) is 30.5. The van der Waals surface area contributed by atoms with E-state index in [1.54, 1.807) is 0 Å². The second kappa shape index (κ2) is 12.3. The number of nitrogens with zero attached hydrogens (tertiary/aromatic N) is 4. The van der Waals surface area contributed by atoms with E-state index < -0.39 is 0 Å². The molecule has 0 bridgehead atoms. The maximum Gasteiger partial charge on any atom is 0.101 e. The summed E-state index contributed by atoms with van der Waals surface area (Å²) in [6, 6.07) is 52.3. The van der Waals surface area contributed by atoms with Crippen molar-refractivity contribution in [3.05, 3.63) is 179 Å². The summed E-state index contributed by atoms with van der Waals surface area (Å²) in [5.41, 5.74) is 11.6. The molecular formula is C46H32N4. The molecule has 0 amide bonds. The summed E-state index contributed by atoms with van der Waals surface area (Å²) in [5.74, 6) is 0. The van der Waals surface area contributed by atoms with E-state index in [2.05, 4.69) is 138 Å². The molecule has 0 saturated heterocycles. The third-order valence-electron chi connectivity index (χ3n) is 9.46. The Morgan fingerprint density at radius 2 is 1.32 bits per heavy atom. The van der Waals surface area contributed by atoms with Crippen molar-refractivity contribution in [3.8, 4) is 34.6 Å². The maximum absolute atomic E-state index is 10.0. The largest absolute Gasteiger partial charge is 0.309 e. The zero-order chi connectivity index (χ0) is 34.4. The van der Waals surface area contributed by atoms with Gasteiger partial charge < -0.3 is 9.13 Å². The summed E-state index contributed by atoms with van der Waals surface area (Å²) in [7, 11) is 0. The van der Waals surface area contributed by atoms with Crippen LogP contribution < -0.4 is 10.6 Å². The van der Waals surface area contributed by atoms with Crippen molar-refractivity contribution in [1.29, 1.82) is 10.5 Å². The molecule has 50 heavy (non-hydrogen) atoms. The fourth-order valence-electron chi connectivity index (χ4n) is 7.35. The quantitative estimate of drug-likeness (QED) is 0.188. The first-order chi connectivity index (χ1) is 24.5. The molecule has 0 spiro atoms. The number of allylic oxidation sites excluding steroid dienone is 1. The van der Waals surface area contributed by atoms with Gasteiger partial charge in [0.1, 0.15) is 6.07 Å². The van der Waals surface area contributed by atoms with Crippen LogP contribution in [0.2, 0.25) is 0 Å². The topological polar surface area (TPSA) is 57.4 Å². The van der Waals surface area contributed by atoms with Crippen LogP contribution in [0.1, 0.15) is 30.5 Å². The highest BCUT2D eigenvalue weighted by atomic mass is 15.0. The summed E-state index contributed by atoms with van der Waals surface area (Å²) in [4.78, 5) is 0. The van der Waals surface area contributed by atoms with Crippen LogP contribution >= 0.6 is 0 Å². The molecule has 236 valence electrons. The Balaban J connectivity index is 1.43. The van der Waals surface area contributed by atoms with Gasteiger partial charge in [0, 0.05) is 27.1 Å². The fourth-order valence-corrected chi connectivity index (χ4v) is 7.35. The number of benzene rings is 6. The van der Waals surface area contributed by atoms with Crippen LogP contribution in [0.15, 0.2) is 152 Å². The third-order valence-corrected chi connectivity index (χ3v) is 9.46. The van der Waals surface area contributed by atoms with Crippen LogP contribution in [0.4, 0.5) is 0 Å². The molecule has 0 atom stereocenters. The number of aromatic nitrogens is 2. The molecule has 4 nitrogen and oxygen atoms in total. The molecule has 0 aliphatic rings. The van der Waals surface area contributed by atoms with Crippen molar-refractivity contribution in [2.75, 3.05) is 0 Å². The lowest BCUT2D eigenvalue weighted by molar-refractivity contribution is 1.06. The minimum absolute atomic E-state index is 0.612. The smallest absolute Gasteiger partial charge is 0.101 e. The summed E-state index contributed by atoms with van der Waals surface area (Å²) in [6.45, 7) is 8.45. The molecule has 0 N–H and O–H groups in total. The number of rotatable bonds is 5. The molecular weight excluding hydrogens is 609 g/mol. The predicted molar refractivity (Wildman–Crippen MR) is 206 cm³/mol. The lowest BCUT2D eigenvalue weighted by atomic mass is 9.96. The fraction of sp³-hybridized carbons (Fsp3) is 0.0435. The average Bonchev–Trinajstić information content (AvgIpc) is 3.67. The van der Waals surface area contributed by atoms with Gasteiger partial charge in [-0.15, -0.1) is 0 Å². The number of para-hydroxylation sites is 3. The van der Waals surface area contributed by atoms with Crippen molar-refractivity contribution < 1.29 is 0 Å². The SMILES string of the molecule is C=C(C)/C=c1\c(=C(/C)c2cccc(-c3cccc4c3c3ccccc3n4-c3ccccc3C#N)c2)n(-c2cccc(C#N)c2)c2ccccc12. The number of hydrogen-bond donors (Lipinski definition) is 0. The number of nitriles is 2. The van der Waals surface area contributed by atoms with E-state index >= 15 is 0 Å². The monoisotopic (exact) mass is 640 g/mol. The highest BCUT2D eigenvalue weighted by Gasteiger charge is 2.18. The lowest BCUT2D eigenvalue weighted by Gasteiger charge is -2.12. The average molecular weight is 641 g/mol. The summed E-state index contributed by atoms with van der Waals surface area (Å²) >= 11 is 0. The van der Waals surface area contributed by atoms with Crippen LogP contribution in [0.25, 0.3) is 66.9 Å². The molecule has 0 fully saturated rings. The molecule has 4 heteroatoms. The highest BCUT2D eigenvalue weighted by molar-refractivity contribution is 6.16. The zero-order valence-electron chi connectivity index (χ0n) is 27.9. The minimum Gasteiger partial charge on any atom is -0.309 e. The molecule has 0 radical (unpaired) electrons. The van der Waals surface area contributed by atoms with Crippen molar-refractivity contribution in [2.24, 2.45) is 0 Å². The maximum atomic E-state index is 10.0. The van der Waals surface area contributed by atoms with Gasteiger partial charge in [0.2, 0.25) is 0 Å². The second-order valence-corrected chi connectivity index (χ2v) is 12.7. The standard InChI is InChI=1S/C46H32N4/c1-30(2)25-40-38-18-5-8-22-42(38)49(36-17-10-13-32(26-36)28-47)46(40)31(3)33-15-11-16-34(27-33)37-20-12-24-44-45(37)39-19-6-9-23-43(39)50(44)41-21-7-4-14-35(41)29-48/h4-27H,1H2,2-3H3/b40-25-,46-31-. The van der Waals surface area contributed by atoms with Crippen LogP contribution in [-0.2, 0) is 0 Å². The van der Waals surface area contributed by atoms with Gasteiger partial charge in [-0.1, -0.05) is 97.1 Å². The van der Waals surface area contributed by atoms with Crippen molar-refractivity contribution in [2.45, 2.75) is 13.8 Å². The minimum atomic E-state index is 0.612. The lowest BCUT2D eigenvalue weighted by Crippen LogP contribution is -2.31. The van der Waals surface area contributed by atoms with E-state index in [1.807, 2.05) is 49.4 Å². The van der Waals surface area contributed by atoms with Crippen molar-refractivity contribution in [3.63, 3.8) is 0 Å².